The first-order valence-corrected chi connectivity index (χ1v) is 13.7. The van der Waals surface area contributed by atoms with E-state index in [1.165, 1.54) is 61.2 Å². The molecule has 0 aliphatic carbocycles. The lowest BCUT2D eigenvalue weighted by atomic mass is 10.2. The molecule has 14 heteroatoms. The Morgan fingerprint density at radius 3 is 2.26 bits per heavy atom. The van der Waals surface area contributed by atoms with E-state index in [1.807, 2.05) is 0 Å². The largest absolute Gasteiger partial charge is 0.468 e. The van der Waals surface area contributed by atoms with Crippen LogP contribution in [0.3, 0.4) is 0 Å². The van der Waals surface area contributed by atoms with Gasteiger partial charge in [-0.25, -0.2) is 8.42 Å². The van der Waals surface area contributed by atoms with Crippen LogP contribution in [0.15, 0.2) is 46.3 Å². The number of carbonyl (C=O) groups excluding carboxylic acids is 2. The summed E-state index contributed by atoms with van der Waals surface area (Å²) in [4.78, 5) is 29.6. The Kier molecular flexibility index (Phi) is 8.79. The molecule has 4 rings (SSSR count). The van der Waals surface area contributed by atoms with Gasteiger partial charge in [-0.2, -0.15) is 9.30 Å². The average Bonchev–Trinajstić information content (AvgIpc) is 3.50. The highest BCUT2D eigenvalue weighted by Crippen LogP contribution is 2.37. The number of nitrogens with zero attached hydrogens (tertiary/aromatic N) is 3. The zero-order valence-corrected chi connectivity index (χ0v) is 22.7. The van der Waals surface area contributed by atoms with Crippen LogP contribution < -0.4 is 14.3 Å². The highest BCUT2D eigenvalue weighted by Gasteiger charge is 2.24. The van der Waals surface area contributed by atoms with Gasteiger partial charge in [0.25, 0.3) is 5.91 Å². The summed E-state index contributed by atoms with van der Waals surface area (Å²) in [7, 11) is 0.417. The highest BCUT2D eigenvalue weighted by molar-refractivity contribution is 7.89. The number of rotatable bonds is 11. The fraction of sp³-hybridized carbons (Fsp3) is 0.375. The number of methoxy groups -OCH3 is 3. The molecule has 1 aromatic heterocycles. The Bertz CT molecular complexity index is 1490. The maximum absolute atomic E-state index is 13.1. The van der Waals surface area contributed by atoms with E-state index in [-0.39, 0.29) is 54.9 Å². The van der Waals surface area contributed by atoms with Crippen LogP contribution in [-0.4, -0.2) is 83.6 Å². The summed E-state index contributed by atoms with van der Waals surface area (Å²) in [5, 5.41) is 0. The lowest BCUT2D eigenvalue weighted by Crippen LogP contribution is -2.36. The normalized spacial score (nSPS) is 13.4. The van der Waals surface area contributed by atoms with Gasteiger partial charge >= 0.3 is 5.97 Å². The fourth-order valence-corrected chi connectivity index (χ4v) is 6.15. The predicted octanol–water partition coefficient (Wildman–Crippen LogP) is 1.63. The predicted molar refractivity (Wildman–Crippen MR) is 137 cm³/mol. The van der Waals surface area contributed by atoms with Crippen molar-refractivity contribution in [3.63, 3.8) is 0 Å². The molecule has 0 N–H and O–H groups in total. The number of ether oxygens (including phenoxy) is 5. The van der Waals surface area contributed by atoms with E-state index >= 15 is 0 Å². The van der Waals surface area contributed by atoms with Crippen LogP contribution in [0.1, 0.15) is 10.4 Å². The maximum Gasteiger partial charge on any atom is 0.325 e. The van der Waals surface area contributed by atoms with Gasteiger partial charge in [0.1, 0.15) is 6.54 Å². The van der Waals surface area contributed by atoms with Gasteiger partial charge in [0.2, 0.25) is 16.8 Å². The standard InChI is InChI=1S/C24H27N3O9S2/c1-32-10-8-26(9-11-33-2)38(30,31)17-6-4-16(5-7-17)23(29)25-24-27(14-22(28)34-3)18-12-19-20(36-15-35-19)13-21(18)37-24/h4-7,12-13H,8-11,14-15H2,1-3H3. The molecule has 0 radical (unpaired) electrons. The van der Waals surface area contributed by atoms with E-state index in [9.17, 15) is 18.0 Å². The summed E-state index contributed by atoms with van der Waals surface area (Å²) in [6.45, 7) is 0.689. The summed E-state index contributed by atoms with van der Waals surface area (Å²) in [6.07, 6.45) is 0. The quantitative estimate of drug-likeness (QED) is 0.318. The second-order valence-electron chi connectivity index (χ2n) is 8.05. The second-order valence-corrected chi connectivity index (χ2v) is 11.0. The maximum atomic E-state index is 13.1. The number of hydrogen-bond acceptors (Lipinski definition) is 10. The van der Waals surface area contributed by atoms with E-state index in [0.717, 1.165) is 4.70 Å². The Balaban J connectivity index is 1.65. The molecular formula is C24H27N3O9S2. The summed E-state index contributed by atoms with van der Waals surface area (Å²) in [5.41, 5.74) is 0.811. The van der Waals surface area contributed by atoms with Crippen LogP contribution in [0.4, 0.5) is 0 Å². The van der Waals surface area contributed by atoms with Gasteiger partial charge in [-0.15, -0.1) is 0 Å². The van der Waals surface area contributed by atoms with Crippen LogP contribution in [0.5, 0.6) is 11.5 Å². The first-order chi connectivity index (χ1) is 18.3. The lowest BCUT2D eigenvalue weighted by molar-refractivity contribution is -0.141. The minimum atomic E-state index is -3.84. The molecule has 0 atom stereocenters. The fourth-order valence-electron chi connectivity index (χ4n) is 3.70. The van der Waals surface area contributed by atoms with Gasteiger partial charge in [-0.3, -0.25) is 9.59 Å². The molecule has 2 aromatic carbocycles. The van der Waals surface area contributed by atoms with Crippen molar-refractivity contribution in [2.24, 2.45) is 4.99 Å². The number of esters is 1. The number of aromatic nitrogens is 1. The molecule has 3 aromatic rings. The molecular weight excluding hydrogens is 538 g/mol. The molecule has 38 heavy (non-hydrogen) atoms. The summed E-state index contributed by atoms with van der Waals surface area (Å²) < 4.78 is 55.5. The van der Waals surface area contributed by atoms with Crippen molar-refractivity contribution in [3.8, 4) is 11.5 Å². The SMILES string of the molecule is COCCN(CCOC)S(=O)(=O)c1ccc(C(=O)N=c2sc3cc4c(cc3n2CC(=O)OC)OCO4)cc1. The molecule has 0 saturated carbocycles. The number of amides is 1. The molecule has 0 unspecified atom stereocenters. The molecule has 2 heterocycles. The van der Waals surface area contributed by atoms with Crippen molar-refractivity contribution in [1.29, 1.82) is 0 Å². The van der Waals surface area contributed by atoms with Gasteiger partial charge in [-0.1, -0.05) is 11.3 Å². The van der Waals surface area contributed by atoms with Gasteiger partial charge in [0.05, 0.1) is 35.4 Å². The third kappa shape index (κ3) is 5.89. The Morgan fingerprint density at radius 2 is 1.66 bits per heavy atom. The smallest absolute Gasteiger partial charge is 0.325 e. The molecule has 0 bridgehead atoms. The highest BCUT2D eigenvalue weighted by atomic mass is 32.2. The topological polar surface area (TPSA) is 135 Å². The van der Waals surface area contributed by atoms with E-state index in [4.69, 9.17) is 23.7 Å². The number of thiazole rings is 1. The first-order valence-electron chi connectivity index (χ1n) is 11.5. The molecule has 0 fully saturated rings. The van der Waals surface area contributed by atoms with E-state index in [1.54, 1.807) is 16.7 Å². The molecule has 0 saturated heterocycles. The van der Waals surface area contributed by atoms with Crippen LogP contribution in [0, 0.1) is 0 Å². The number of carbonyl (C=O) groups is 2. The van der Waals surface area contributed by atoms with Crippen molar-refractivity contribution in [2.75, 3.05) is 54.4 Å². The van der Waals surface area contributed by atoms with E-state index < -0.39 is 21.9 Å². The van der Waals surface area contributed by atoms with Crippen LogP contribution in [0.25, 0.3) is 10.2 Å². The zero-order chi connectivity index (χ0) is 27.3. The summed E-state index contributed by atoms with van der Waals surface area (Å²) in [6, 6.07) is 9.00. The Labute approximate surface area is 223 Å². The number of benzene rings is 2. The third-order valence-corrected chi connectivity index (χ3v) is 8.67. The first kappa shape index (κ1) is 27.7. The van der Waals surface area contributed by atoms with Gasteiger partial charge in [0.15, 0.2) is 16.3 Å². The van der Waals surface area contributed by atoms with E-state index in [0.29, 0.717) is 17.0 Å². The summed E-state index contributed by atoms with van der Waals surface area (Å²) >= 11 is 1.20. The number of hydrogen-bond donors (Lipinski definition) is 0. The molecule has 12 nitrogen and oxygen atoms in total. The van der Waals surface area contributed by atoms with Crippen LogP contribution >= 0.6 is 11.3 Å². The van der Waals surface area contributed by atoms with Crippen LogP contribution in [0.2, 0.25) is 0 Å². The number of sulfonamides is 1. The third-order valence-electron chi connectivity index (χ3n) is 5.72. The van der Waals surface area contributed by atoms with Crippen molar-refractivity contribution >= 4 is 43.5 Å². The second kappa shape index (κ2) is 12.0. The Hall–Kier alpha value is -3.30. The minimum Gasteiger partial charge on any atom is -0.468 e. The van der Waals surface area contributed by atoms with Crippen LogP contribution in [-0.2, 0) is 35.6 Å². The molecule has 0 spiro atoms. The van der Waals surface area contributed by atoms with Crippen molar-refractivity contribution in [1.82, 2.24) is 8.87 Å². The van der Waals surface area contributed by atoms with Crippen molar-refractivity contribution in [2.45, 2.75) is 11.4 Å². The average molecular weight is 566 g/mol. The van der Waals surface area contributed by atoms with E-state index in [2.05, 4.69) is 4.99 Å². The molecule has 1 aliphatic rings. The van der Waals surface area contributed by atoms with Crippen molar-refractivity contribution in [3.05, 3.63) is 46.8 Å². The van der Waals surface area contributed by atoms with Crippen molar-refractivity contribution < 1.29 is 41.7 Å². The molecule has 1 amide bonds. The zero-order valence-electron chi connectivity index (χ0n) is 21.0. The summed E-state index contributed by atoms with van der Waals surface area (Å²) in [5.74, 6) is -0.0376. The van der Waals surface area contributed by atoms with Gasteiger partial charge in [0, 0.05) is 45.0 Å². The molecule has 1 aliphatic heterocycles. The lowest BCUT2D eigenvalue weighted by Gasteiger charge is -2.21. The van der Waals surface area contributed by atoms with Gasteiger partial charge in [-0.05, 0) is 24.3 Å². The number of fused-ring (bicyclic) bond motifs is 2. The molecule has 204 valence electrons. The Morgan fingerprint density at radius 1 is 1.03 bits per heavy atom. The monoisotopic (exact) mass is 565 g/mol. The minimum absolute atomic E-state index is 0.0263. The van der Waals surface area contributed by atoms with Gasteiger partial charge < -0.3 is 28.3 Å².